The van der Waals surface area contributed by atoms with Crippen LogP contribution in [0.5, 0.6) is 11.5 Å². The molecule has 0 radical (unpaired) electrons. The molecule has 1 unspecified atom stereocenters. The second-order valence-electron chi connectivity index (χ2n) is 5.67. The van der Waals surface area contributed by atoms with Gasteiger partial charge in [0.25, 0.3) is 0 Å². The molecule has 5 heteroatoms. The third kappa shape index (κ3) is 4.98. The molecule has 0 spiro atoms. The predicted octanol–water partition coefficient (Wildman–Crippen LogP) is 4.12. The lowest BCUT2D eigenvalue weighted by molar-refractivity contribution is 0.268. The largest absolute Gasteiger partial charge is 0.490 e. The smallest absolute Gasteiger partial charge is 0.161 e. The molecule has 1 heterocycles. The zero-order valence-corrected chi connectivity index (χ0v) is 14.3. The molecule has 0 amide bonds. The second kappa shape index (κ2) is 9.18. The van der Waals surface area contributed by atoms with Crippen LogP contribution in [0.15, 0.2) is 24.4 Å². The van der Waals surface area contributed by atoms with Gasteiger partial charge in [-0.1, -0.05) is 26.8 Å². The van der Waals surface area contributed by atoms with Gasteiger partial charge < -0.3 is 9.47 Å². The summed E-state index contributed by atoms with van der Waals surface area (Å²) >= 11 is 0. The van der Waals surface area contributed by atoms with Crippen LogP contribution in [-0.4, -0.2) is 28.6 Å². The van der Waals surface area contributed by atoms with Gasteiger partial charge >= 0.3 is 0 Å². The highest BCUT2D eigenvalue weighted by molar-refractivity contribution is 5.44. The molecule has 23 heavy (non-hydrogen) atoms. The van der Waals surface area contributed by atoms with Gasteiger partial charge in [-0.3, -0.25) is 0 Å². The highest BCUT2D eigenvalue weighted by Crippen LogP contribution is 2.33. The second-order valence-corrected chi connectivity index (χ2v) is 5.67. The van der Waals surface area contributed by atoms with Gasteiger partial charge in [-0.15, -0.1) is 0 Å². The van der Waals surface area contributed by atoms with E-state index >= 15 is 0 Å². The maximum atomic E-state index is 5.89. The topological polar surface area (TPSA) is 60.0 Å². The van der Waals surface area contributed by atoms with Crippen molar-refractivity contribution in [3.05, 3.63) is 35.7 Å². The Morgan fingerprint density at radius 3 is 2.39 bits per heavy atom. The molecule has 1 N–H and O–H groups in total. The van der Waals surface area contributed by atoms with E-state index in [1.807, 2.05) is 6.07 Å². The van der Waals surface area contributed by atoms with E-state index in [1.54, 1.807) is 6.20 Å². The number of hydrogen-bond acceptors (Lipinski definition) is 4. The minimum absolute atomic E-state index is 0.393. The molecular formula is C18H27N3O2. The first-order chi connectivity index (χ1) is 11.3. The van der Waals surface area contributed by atoms with E-state index < -0.39 is 0 Å². The number of aromatic nitrogens is 3. The average Bonchev–Trinajstić information content (AvgIpc) is 3.09. The molecule has 126 valence electrons. The molecule has 2 aromatic rings. The Bertz CT molecular complexity index is 570. The molecule has 0 aliphatic carbocycles. The van der Waals surface area contributed by atoms with Crippen LogP contribution in [-0.2, 0) is 6.42 Å². The van der Waals surface area contributed by atoms with Crippen molar-refractivity contribution in [2.75, 3.05) is 13.2 Å². The van der Waals surface area contributed by atoms with E-state index in [4.69, 9.17) is 9.47 Å². The maximum absolute atomic E-state index is 5.89. The fraction of sp³-hybridized carbons (Fsp3) is 0.556. The van der Waals surface area contributed by atoms with Crippen molar-refractivity contribution in [3.8, 4) is 11.5 Å². The van der Waals surface area contributed by atoms with Crippen LogP contribution in [0.3, 0.4) is 0 Å². The fourth-order valence-electron chi connectivity index (χ4n) is 2.51. The van der Waals surface area contributed by atoms with E-state index in [-0.39, 0.29) is 0 Å². The molecule has 1 aromatic carbocycles. The van der Waals surface area contributed by atoms with Crippen molar-refractivity contribution < 1.29 is 9.47 Å². The molecule has 0 saturated heterocycles. The van der Waals surface area contributed by atoms with E-state index in [0.717, 1.165) is 42.9 Å². The van der Waals surface area contributed by atoms with Gasteiger partial charge in [0.05, 0.1) is 25.1 Å². The number of benzene rings is 1. The molecule has 1 aromatic heterocycles. The van der Waals surface area contributed by atoms with E-state index in [2.05, 4.69) is 48.3 Å². The van der Waals surface area contributed by atoms with E-state index in [9.17, 15) is 0 Å². The van der Waals surface area contributed by atoms with Gasteiger partial charge in [0.1, 0.15) is 0 Å². The van der Waals surface area contributed by atoms with Crippen molar-refractivity contribution in [1.82, 2.24) is 15.4 Å². The van der Waals surface area contributed by atoms with Crippen LogP contribution in [0.4, 0.5) is 0 Å². The third-order valence-electron chi connectivity index (χ3n) is 3.78. The standard InChI is InChI=1S/C18H27N3O2/c1-4-9-22-17-8-7-15(12-18(17)23-10-5-2)14(6-3)11-16-13-19-21-20-16/h7-8,12-14H,4-6,9-11H2,1-3H3,(H,19,20,21). The summed E-state index contributed by atoms with van der Waals surface area (Å²) in [5.74, 6) is 2.07. The molecule has 0 fully saturated rings. The number of nitrogens with zero attached hydrogens (tertiary/aromatic N) is 2. The predicted molar refractivity (Wildman–Crippen MR) is 91.1 cm³/mol. The monoisotopic (exact) mass is 317 g/mol. The Labute approximate surface area is 138 Å². The van der Waals surface area contributed by atoms with Crippen molar-refractivity contribution in [3.63, 3.8) is 0 Å². The summed E-state index contributed by atoms with van der Waals surface area (Å²) in [6.45, 7) is 7.81. The summed E-state index contributed by atoms with van der Waals surface area (Å²) in [6.07, 6.45) is 5.66. The normalized spacial score (nSPS) is 12.1. The Kier molecular flexibility index (Phi) is 6.91. The van der Waals surface area contributed by atoms with Crippen molar-refractivity contribution in [1.29, 1.82) is 0 Å². The van der Waals surface area contributed by atoms with Crippen molar-refractivity contribution >= 4 is 0 Å². The number of hydrogen-bond donors (Lipinski definition) is 1. The fourth-order valence-corrected chi connectivity index (χ4v) is 2.51. The van der Waals surface area contributed by atoms with Gasteiger partial charge in [-0.25, -0.2) is 0 Å². The third-order valence-corrected chi connectivity index (χ3v) is 3.78. The van der Waals surface area contributed by atoms with Gasteiger partial charge in [0, 0.05) is 0 Å². The molecule has 2 rings (SSSR count). The SMILES string of the molecule is CCCOc1ccc(C(CC)Cc2cn[nH]n2)cc1OCCC. The first-order valence-corrected chi connectivity index (χ1v) is 8.52. The van der Waals surface area contributed by atoms with Crippen LogP contribution in [0.2, 0.25) is 0 Å². The molecule has 1 atom stereocenters. The number of rotatable bonds is 10. The molecule has 0 saturated carbocycles. The summed E-state index contributed by atoms with van der Waals surface area (Å²) in [5.41, 5.74) is 2.24. The number of aromatic amines is 1. The van der Waals surface area contributed by atoms with Gasteiger partial charge in [-0.2, -0.15) is 15.4 Å². The average molecular weight is 317 g/mol. The molecule has 0 bridgehead atoms. The minimum Gasteiger partial charge on any atom is -0.490 e. The highest BCUT2D eigenvalue weighted by Gasteiger charge is 2.15. The first kappa shape index (κ1) is 17.3. The Morgan fingerprint density at radius 2 is 1.78 bits per heavy atom. The summed E-state index contributed by atoms with van der Waals surface area (Å²) < 4.78 is 11.7. The molecule has 0 aliphatic heterocycles. The number of ether oxygens (including phenoxy) is 2. The maximum Gasteiger partial charge on any atom is 0.161 e. The number of H-pyrrole nitrogens is 1. The van der Waals surface area contributed by atoms with Crippen LogP contribution in [0.1, 0.15) is 57.2 Å². The van der Waals surface area contributed by atoms with Crippen LogP contribution in [0.25, 0.3) is 0 Å². The molecule has 0 aliphatic rings. The van der Waals surface area contributed by atoms with Crippen LogP contribution < -0.4 is 9.47 Å². The summed E-state index contributed by atoms with van der Waals surface area (Å²) in [6, 6.07) is 6.29. The van der Waals surface area contributed by atoms with E-state index in [1.165, 1.54) is 5.56 Å². The lowest BCUT2D eigenvalue weighted by Crippen LogP contribution is -2.05. The Morgan fingerprint density at radius 1 is 1.04 bits per heavy atom. The van der Waals surface area contributed by atoms with Crippen LogP contribution in [0, 0.1) is 0 Å². The Balaban J connectivity index is 2.19. The van der Waals surface area contributed by atoms with Gasteiger partial charge in [-0.05, 0) is 49.3 Å². The minimum atomic E-state index is 0.393. The lowest BCUT2D eigenvalue weighted by atomic mass is 9.92. The van der Waals surface area contributed by atoms with Crippen molar-refractivity contribution in [2.45, 2.75) is 52.4 Å². The zero-order valence-electron chi connectivity index (χ0n) is 14.3. The lowest BCUT2D eigenvalue weighted by Gasteiger charge is -2.18. The number of nitrogens with one attached hydrogen (secondary N) is 1. The van der Waals surface area contributed by atoms with Gasteiger partial charge in [0.2, 0.25) is 0 Å². The Hall–Kier alpha value is -2.04. The summed E-state index contributed by atoms with van der Waals surface area (Å²) in [7, 11) is 0. The first-order valence-electron chi connectivity index (χ1n) is 8.52. The van der Waals surface area contributed by atoms with Crippen molar-refractivity contribution in [2.24, 2.45) is 0 Å². The molecular weight excluding hydrogens is 290 g/mol. The van der Waals surface area contributed by atoms with Gasteiger partial charge in [0.15, 0.2) is 11.5 Å². The molecule has 5 nitrogen and oxygen atoms in total. The summed E-state index contributed by atoms with van der Waals surface area (Å²) in [4.78, 5) is 0. The zero-order chi connectivity index (χ0) is 16.5. The van der Waals surface area contributed by atoms with E-state index in [0.29, 0.717) is 19.1 Å². The quantitative estimate of drug-likeness (QED) is 0.716. The summed E-state index contributed by atoms with van der Waals surface area (Å²) in [5, 5.41) is 10.7. The highest BCUT2D eigenvalue weighted by atomic mass is 16.5. The van der Waals surface area contributed by atoms with Crippen LogP contribution >= 0.6 is 0 Å².